The Labute approximate surface area is 268 Å². The first-order chi connectivity index (χ1) is 21.2. The first kappa shape index (κ1) is 28.8. The molecule has 2 aromatic heterocycles. The Morgan fingerprint density at radius 2 is 1.18 bits per heavy atom. The van der Waals surface area contributed by atoms with Crippen LogP contribution in [-0.2, 0) is 10.8 Å². The second-order valence-corrected chi connectivity index (χ2v) is 14.6. The van der Waals surface area contributed by atoms with Crippen LogP contribution in [0.2, 0.25) is 0 Å². The van der Waals surface area contributed by atoms with Gasteiger partial charge in [0.1, 0.15) is 15.5 Å². The zero-order valence-corrected chi connectivity index (χ0v) is 27.9. The highest BCUT2D eigenvalue weighted by atomic mass is 32.1. The highest BCUT2D eigenvalue weighted by Crippen LogP contribution is 2.48. The average molecular weight is 615 g/mol. The van der Waals surface area contributed by atoms with Gasteiger partial charge in [-0.25, -0.2) is 9.97 Å². The molecule has 0 fully saturated rings. The largest absolute Gasteiger partial charge is 0.344 e. The molecular formula is C38H38N4S2. The molecule has 2 aliphatic rings. The molecule has 0 amide bonds. The van der Waals surface area contributed by atoms with Crippen molar-refractivity contribution in [2.75, 3.05) is 22.9 Å². The van der Waals surface area contributed by atoms with E-state index in [4.69, 9.17) is 9.97 Å². The molecule has 0 atom stereocenters. The molecule has 5 aromatic rings. The Morgan fingerprint density at radius 1 is 0.659 bits per heavy atom. The summed E-state index contributed by atoms with van der Waals surface area (Å²) >= 11 is 3.45. The van der Waals surface area contributed by atoms with Gasteiger partial charge in [0, 0.05) is 46.7 Å². The third-order valence-electron chi connectivity index (χ3n) is 9.16. The molecule has 0 saturated carbocycles. The number of anilines is 2. The molecule has 7 rings (SSSR count). The van der Waals surface area contributed by atoms with Crippen LogP contribution in [0, 0.1) is 0 Å². The van der Waals surface area contributed by atoms with E-state index in [9.17, 15) is 0 Å². The van der Waals surface area contributed by atoms with Crippen LogP contribution >= 0.6 is 22.7 Å². The van der Waals surface area contributed by atoms with E-state index in [2.05, 4.69) is 148 Å². The summed E-state index contributed by atoms with van der Waals surface area (Å²) in [6.45, 7) is 15.6. The minimum Gasteiger partial charge on any atom is -0.344 e. The lowest BCUT2D eigenvalue weighted by Gasteiger charge is -2.25. The van der Waals surface area contributed by atoms with Crippen molar-refractivity contribution >= 4 is 66.6 Å². The lowest BCUT2D eigenvalue weighted by Crippen LogP contribution is -2.25. The van der Waals surface area contributed by atoms with Gasteiger partial charge in [0.05, 0.1) is 14.9 Å². The van der Waals surface area contributed by atoms with Crippen molar-refractivity contribution in [2.24, 2.45) is 0 Å². The van der Waals surface area contributed by atoms with Crippen LogP contribution in [0.25, 0.3) is 32.6 Å². The number of likely N-dealkylation sites (N-methyl/N-ethyl adjacent to an activating group) is 2. The van der Waals surface area contributed by atoms with Gasteiger partial charge in [-0.2, -0.15) is 0 Å². The van der Waals surface area contributed by atoms with Crippen molar-refractivity contribution in [1.82, 2.24) is 9.97 Å². The number of aromatic nitrogens is 2. The minimum absolute atomic E-state index is 0.0362. The molecule has 0 bridgehead atoms. The molecule has 222 valence electrons. The summed E-state index contributed by atoms with van der Waals surface area (Å²) in [7, 11) is 0. The average Bonchev–Trinajstić information content (AvgIpc) is 3.73. The molecular weight excluding hydrogens is 577 g/mol. The summed E-state index contributed by atoms with van der Waals surface area (Å²) in [4.78, 5) is 14.8. The van der Waals surface area contributed by atoms with Gasteiger partial charge in [-0.15, -0.1) is 22.7 Å². The van der Waals surface area contributed by atoms with Crippen molar-refractivity contribution in [2.45, 2.75) is 52.4 Å². The maximum atomic E-state index is 5.06. The van der Waals surface area contributed by atoms with Gasteiger partial charge in [0.2, 0.25) is 0 Å². The van der Waals surface area contributed by atoms with Gasteiger partial charge in [-0.3, -0.25) is 0 Å². The maximum Gasteiger partial charge on any atom is 0.117 e. The zero-order valence-electron chi connectivity index (χ0n) is 26.3. The molecule has 0 spiro atoms. The second kappa shape index (κ2) is 10.9. The Balaban J connectivity index is 1.15. The number of para-hydroxylation sites is 2. The van der Waals surface area contributed by atoms with Gasteiger partial charge in [0.25, 0.3) is 0 Å². The molecule has 0 N–H and O–H groups in total. The Hall–Kier alpha value is -4.00. The van der Waals surface area contributed by atoms with Gasteiger partial charge in [-0.05, 0) is 73.5 Å². The molecule has 6 heteroatoms. The third-order valence-corrected chi connectivity index (χ3v) is 11.2. The van der Waals surface area contributed by atoms with Crippen molar-refractivity contribution in [3.05, 3.63) is 118 Å². The summed E-state index contributed by atoms with van der Waals surface area (Å²) in [6, 6.07) is 21.8. The summed E-state index contributed by atoms with van der Waals surface area (Å²) < 4.78 is 2.34. The summed E-state index contributed by atoms with van der Waals surface area (Å²) in [5, 5.41) is 2.01. The predicted octanol–water partition coefficient (Wildman–Crippen LogP) is 10.3. The monoisotopic (exact) mass is 614 g/mol. The van der Waals surface area contributed by atoms with Crippen molar-refractivity contribution in [1.29, 1.82) is 0 Å². The Kier molecular flexibility index (Phi) is 7.10. The maximum absolute atomic E-state index is 5.06. The summed E-state index contributed by atoms with van der Waals surface area (Å²) in [6.07, 6.45) is 13.1. The highest BCUT2D eigenvalue weighted by molar-refractivity contribution is 7.23. The Morgan fingerprint density at radius 3 is 1.73 bits per heavy atom. The number of nitrogens with zero attached hydrogens (tertiary/aromatic N) is 4. The minimum atomic E-state index is -0.0382. The third kappa shape index (κ3) is 4.54. The van der Waals surface area contributed by atoms with E-state index < -0.39 is 0 Å². The standard InChI is InChI=1S/C38H38N4S2/c1-7-41-28-17-11-9-15-25(28)37(3,4)31(41)19-13-21-33-39-27-23-24-30-35(36(27)44-33)40-34(43-30)22-14-20-32-38(5,6)26-16-10-12-18-29(26)42(32)8-2/h9-24H,7-8H2,1-6H3. The number of benzene rings is 3. The number of rotatable bonds is 6. The molecule has 0 unspecified atom stereocenters. The molecule has 2 aliphatic heterocycles. The van der Waals surface area contributed by atoms with Crippen LogP contribution < -0.4 is 9.80 Å². The zero-order chi connectivity index (χ0) is 30.6. The van der Waals surface area contributed by atoms with Crippen molar-refractivity contribution < 1.29 is 0 Å². The first-order valence-corrected chi connectivity index (χ1v) is 17.1. The molecule has 0 saturated heterocycles. The van der Waals surface area contributed by atoms with Gasteiger partial charge in [-0.1, -0.05) is 76.2 Å². The fraction of sp³-hybridized carbons (Fsp3) is 0.263. The fourth-order valence-electron chi connectivity index (χ4n) is 6.96. The van der Waals surface area contributed by atoms with E-state index >= 15 is 0 Å². The Bertz CT molecular complexity index is 1870. The van der Waals surface area contributed by atoms with Crippen molar-refractivity contribution in [3.63, 3.8) is 0 Å². The lowest BCUT2D eigenvalue weighted by atomic mass is 9.84. The molecule has 3 aromatic carbocycles. The predicted molar refractivity (Wildman–Crippen MR) is 192 cm³/mol. The van der Waals surface area contributed by atoms with E-state index in [1.54, 1.807) is 22.7 Å². The topological polar surface area (TPSA) is 32.3 Å². The number of fused-ring (bicyclic) bond motifs is 5. The highest BCUT2D eigenvalue weighted by Gasteiger charge is 2.39. The van der Waals surface area contributed by atoms with E-state index in [1.165, 1.54) is 38.6 Å². The number of thiazole rings is 2. The van der Waals surface area contributed by atoms with E-state index in [-0.39, 0.29) is 10.8 Å². The molecule has 0 aliphatic carbocycles. The van der Waals surface area contributed by atoms with Gasteiger partial charge < -0.3 is 9.80 Å². The number of allylic oxidation sites excluding steroid dienone is 6. The lowest BCUT2D eigenvalue weighted by molar-refractivity contribution is 0.634. The smallest absolute Gasteiger partial charge is 0.117 e. The van der Waals surface area contributed by atoms with E-state index in [1.807, 2.05) is 0 Å². The number of hydrogen-bond acceptors (Lipinski definition) is 6. The molecule has 44 heavy (non-hydrogen) atoms. The summed E-state index contributed by atoms with van der Waals surface area (Å²) in [5.74, 6) is 0. The van der Waals surface area contributed by atoms with Gasteiger partial charge >= 0.3 is 0 Å². The fourth-order valence-corrected chi connectivity index (χ4v) is 8.88. The van der Waals surface area contributed by atoms with E-state index in [0.29, 0.717) is 0 Å². The summed E-state index contributed by atoms with van der Waals surface area (Å²) in [5.41, 5.74) is 10.0. The van der Waals surface area contributed by atoms with E-state index in [0.717, 1.165) is 38.8 Å². The SMILES string of the molecule is CCN1C(=CC=Cc2nc3c(ccc4nc(C=CC=C5N(CC)c6ccccc6C5(C)C)sc43)s2)C(C)(C)c2ccccc21. The second-order valence-electron chi connectivity index (χ2n) is 12.5. The number of hydrogen-bond donors (Lipinski definition) is 0. The van der Waals surface area contributed by atoms with Crippen LogP contribution in [-0.4, -0.2) is 23.1 Å². The van der Waals surface area contributed by atoms with Crippen LogP contribution in [0.4, 0.5) is 11.4 Å². The quantitative estimate of drug-likeness (QED) is 0.190. The van der Waals surface area contributed by atoms with Gasteiger partial charge in [0.15, 0.2) is 0 Å². The van der Waals surface area contributed by atoms with Crippen LogP contribution in [0.1, 0.15) is 62.7 Å². The van der Waals surface area contributed by atoms with Crippen LogP contribution in [0.3, 0.4) is 0 Å². The van der Waals surface area contributed by atoms with Crippen LogP contribution in [0.15, 0.2) is 96.4 Å². The van der Waals surface area contributed by atoms with Crippen molar-refractivity contribution in [3.8, 4) is 0 Å². The normalized spacial score (nSPS) is 19.0. The molecule has 4 heterocycles. The first-order valence-electron chi connectivity index (χ1n) is 15.5. The van der Waals surface area contributed by atoms with Crippen LogP contribution in [0.5, 0.6) is 0 Å². The molecule has 4 nitrogen and oxygen atoms in total. The molecule has 0 radical (unpaired) electrons.